The van der Waals surface area contributed by atoms with Crippen LogP contribution in [0.15, 0.2) is 30.5 Å². The molecule has 0 atom stereocenters. The summed E-state index contributed by atoms with van der Waals surface area (Å²) in [6.45, 7) is 1.80. The summed E-state index contributed by atoms with van der Waals surface area (Å²) in [5.74, 6) is -1.34. The molecule has 0 aliphatic heterocycles. The number of carbonyl (C=O) groups is 2. The van der Waals surface area contributed by atoms with Crippen LogP contribution in [0.5, 0.6) is 0 Å². The molecule has 0 fully saturated rings. The second-order valence-corrected chi connectivity index (χ2v) is 4.40. The Morgan fingerprint density at radius 2 is 2.00 bits per heavy atom. The molecule has 1 aromatic carbocycles. The number of hydrogen-bond donors (Lipinski definition) is 2. The molecule has 3 N–H and O–H groups in total. The van der Waals surface area contributed by atoms with Gasteiger partial charge in [-0.1, -0.05) is 12.1 Å². The first-order valence-electron chi connectivity index (χ1n) is 5.71. The summed E-state index contributed by atoms with van der Waals surface area (Å²) < 4.78 is 1.41. The van der Waals surface area contributed by atoms with E-state index in [-0.39, 0.29) is 11.5 Å². The van der Waals surface area contributed by atoms with Crippen LogP contribution in [0, 0.1) is 6.92 Å². The molecule has 0 amide bonds. The van der Waals surface area contributed by atoms with E-state index in [1.165, 1.54) is 16.8 Å². The van der Waals surface area contributed by atoms with Crippen molar-refractivity contribution in [3.8, 4) is 0 Å². The summed E-state index contributed by atoms with van der Waals surface area (Å²) in [6.07, 6.45) is 1.50. The predicted molar refractivity (Wildman–Crippen MR) is 71.4 cm³/mol. The second kappa shape index (κ2) is 4.61. The van der Waals surface area contributed by atoms with Gasteiger partial charge in [-0.2, -0.15) is 0 Å². The number of ketones is 1. The third kappa shape index (κ3) is 2.22. The van der Waals surface area contributed by atoms with Crippen molar-refractivity contribution in [2.24, 2.45) is 7.05 Å². The zero-order valence-electron chi connectivity index (χ0n) is 10.7. The van der Waals surface area contributed by atoms with Crippen molar-refractivity contribution in [1.29, 1.82) is 0 Å². The molecule has 1 aromatic heterocycles. The standard InChI is InChI=1S/C14H14N2O3/c1-8-4-3-5-10(15)12(8)13(17)9-6-11(14(18)19)16(2)7-9/h3-7H,15H2,1-2H3,(H,18,19). The molecule has 5 heteroatoms. The van der Waals surface area contributed by atoms with Crippen LogP contribution in [-0.2, 0) is 7.05 Å². The Balaban J connectivity index is 2.51. The Bertz CT molecular complexity index is 651. The molecule has 0 spiro atoms. The Morgan fingerprint density at radius 3 is 2.53 bits per heavy atom. The van der Waals surface area contributed by atoms with Crippen molar-refractivity contribution in [2.45, 2.75) is 6.92 Å². The third-order valence-corrected chi connectivity index (χ3v) is 3.02. The van der Waals surface area contributed by atoms with Gasteiger partial charge in [0.05, 0.1) is 0 Å². The van der Waals surface area contributed by atoms with E-state index in [4.69, 9.17) is 10.8 Å². The first kappa shape index (κ1) is 12.9. The Morgan fingerprint density at radius 1 is 1.32 bits per heavy atom. The number of carboxylic acids is 1. The largest absolute Gasteiger partial charge is 0.477 e. The van der Waals surface area contributed by atoms with Crippen molar-refractivity contribution >= 4 is 17.4 Å². The average Bonchev–Trinajstić information content (AvgIpc) is 2.71. The first-order chi connectivity index (χ1) is 8.91. The van der Waals surface area contributed by atoms with E-state index in [1.807, 2.05) is 0 Å². The second-order valence-electron chi connectivity index (χ2n) is 4.40. The lowest BCUT2D eigenvalue weighted by molar-refractivity contribution is 0.0686. The average molecular weight is 258 g/mol. The zero-order chi connectivity index (χ0) is 14.2. The molecule has 19 heavy (non-hydrogen) atoms. The molecule has 2 rings (SSSR count). The van der Waals surface area contributed by atoms with Crippen molar-refractivity contribution in [2.75, 3.05) is 5.73 Å². The van der Waals surface area contributed by atoms with Crippen molar-refractivity contribution in [1.82, 2.24) is 4.57 Å². The minimum absolute atomic E-state index is 0.0653. The van der Waals surface area contributed by atoms with Gasteiger partial charge in [-0.3, -0.25) is 4.79 Å². The number of aromatic nitrogens is 1. The monoisotopic (exact) mass is 258 g/mol. The number of benzene rings is 1. The Hall–Kier alpha value is -2.56. The van der Waals surface area contributed by atoms with Crippen LogP contribution in [0.25, 0.3) is 0 Å². The van der Waals surface area contributed by atoms with Crippen molar-refractivity contribution < 1.29 is 14.7 Å². The van der Waals surface area contributed by atoms with Gasteiger partial charge in [0, 0.05) is 30.1 Å². The Labute approximate surface area is 110 Å². The van der Waals surface area contributed by atoms with Crippen LogP contribution >= 0.6 is 0 Å². The number of rotatable bonds is 3. The van der Waals surface area contributed by atoms with Gasteiger partial charge in [-0.25, -0.2) is 4.79 Å². The number of nitrogens with zero attached hydrogens (tertiary/aromatic N) is 1. The smallest absolute Gasteiger partial charge is 0.352 e. The summed E-state index contributed by atoms with van der Waals surface area (Å²) in [6, 6.07) is 6.58. The SMILES string of the molecule is Cc1cccc(N)c1C(=O)c1cc(C(=O)O)n(C)c1. The maximum atomic E-state index is 12.4. The van der Waals surface area contributed by atoms with Crippen LogP contribution in [0.2, 0.25) is 0 Å². The maximum Gasteiger partial charge on any atom is 0.352 e. The molecule has 0 bridgehead atoms. The summed E-state index contributed by atoms with van der Waals surface area (Å²) in [4.78, 5) is 23.4. The van der Waals surface area contributed by atoms with E-state index >= 15 is 0 Å². The van der Waals surface area contributed by atoms with Crippen LogP contribution in [0.4, 0.5) is 5.69 Å². The fraction of sp³-hybridized carbons (Fsp3) is 0.143. The molecule has 0 saturated carbocycles. The molecule has 0 radical (unpaired) electrons. The zero-order valence-corrected chi connectivity index (χ0v) is 10.7. The highest BCUT2D eigenvalue weighted by molar-refractivity contribution is 6.13. The molecule has 1 heterocycles. The fourth-order valence-corrected chi connectivity index (χ4v) is 2.05. The van der Waals surface area contributed by atoms with E-state index in [2.05, 4.69) is 0 Å². The number of nitrogens with two attached hydrogens (primary N) is 1. The highest BCUT2D eigenvalue weighted by Gasteiger charge is 2.19. The summed E-state index contributed by atoms with van der Waals surface area (Å²) in [7, 11) is 1.58. The molecular formula is C14H14N2O3. The van der Waals surface area contributed by atoms with E-state index < -0.39 is 5.97 Å². The minimum Gasteiger partial charge on any atom is -0.477 e. The lowest BCUT2D eigenvalue weighted by Gasteiger charge is -2.06. The van der Waals surface area contributed by atoms with E-state index in [9.17, 15) is 9.59 Å². The number of hydrogen-bond acceptors (Lipinski definition) is 3. The highest BCUT2D eigenvalue weighted by Crippen LogP contribution is 2.21. The van der Waals surface area contributed by atoms with E-state index in [0.29, 0.717) is 16.8 Å². The molecule has 5 nitrogen and oxygen atoms in total. The van der Waals surface area contributed by atoms with Crippen LogP contribution in [0.1, 0.15) is 32.0 Å². The normalized spacial score (nSPS) is 10.4. The van der Waals surface area contributed by atoms with Gasteiger partial charge in [0.1, 0.15) is 5.69 Å². The Kier molecular flexibility index (Phi) is 3.12. The topological polar surface area (TPSA) is 85.3 Å². The highest BCUT2D eigenvalue weighted by atomic mass is 16.4. The lowest BCUT2D eigenvalue weighted by atomic mass is 9.99. The number of anilines is 1. The number of aryl methyl sites for hydroxylation is 2. The predicted octanol–water partition coefficient (Wildman–Crippen LogP) is 1.84. The molecule has 0 aliphatic rings. The lowest BCUT2D eigenvalue weighted by Crippen LogP contribution is -2.06. The van der Waals surface area contributed by atoms with Crippen LogP contribution in [0.3, 0.4) is 0 Å². The van der Waals surface area contributed by atoms with Gasteiger partial charge in [0.25, 0.3) is 0 Å². The van der Waals surface area contributed by atoms with Gasteiger partial charge in [-0.15, -0.1) is 0 Å². The van der Waals surface area contributed by atoms with Gasteiger partial charge >= 0.3 is 5.97 Å². The van der Waals surface area contributed by atoms with E-state index in [0.717, 1.165) is 5.56 Å². The third-order valence-electron chi connectivity index (χ3n) is 3.02. The summed E-state index contributed by atoms with van der Waals surface area (Å²) in [5.41, 5.74) is 7.79. The number of carbonyl (C=O) groups excluding carboxylic acids is 1. The minimum atomic E-state index is -1.07. The van der Waals surface area contributed by atoms with Gasteiger partial charge < -0.3 is 15.4 Å². The molecule has 0 saturated heterocycles. The number of carboxylic acid groups (broad SMARTS) is 1. The van der Waals surface area contributed by atoms with Gasteiger partial charge in [-0.05, 0) is 24.6 Å². The summed E-state index contributed by atoms with van der Waals surface area (Å²) >= 11 is 0. The molecule has 0 aliphatic carbocycles. The van der Waals surface area contributed by atoms with Crippen LogP contribution in [-0.4, -0.2) is 21.4 Å². The maximum absolute atomic E-state index is 12.4. The molecule has 98 valence electrons. The first-order valence-corrected chi connectivity index (χ1v) is 5.71. The van der Waals surface area contributed by atoms with Gasteiger partial charge in [0.15, 0.2) is 5.78 Å². The van der Waals surface area contributed by atoms with Gasteiger partial charge in [0.2, 0.25) is 0 Å². The van der Waals surface area contributed by atoms with E-state index in [1.54, 1.807) is 32.2 Å². The molecule has 0 unspecified atom stereocenters. The number of nitrogen functional groups attached to an aromatic ring is 1. The summed E-state index contributed by atoms with van der Waals surface area (Å²) in [5, 5.41) is 8.98. The van der Waals surface area contributed by atoms with Crippen LogP contribution < -0.4 is 5.73 Å². The molecular weight excluding hydrogens is 244 g/mol. The van der Waals surface area contributed by atoms with Crippen molar-refractivity contribution in [3.05, 3.63) is 52.8 Å². The fourth-order valence-electron chi connectivity index (χ4n) is 2.05. The number of aromatic carboxylic acids is 1. The molecule has 2 aromatic rings. The quantitative estimate of drug-likeness (QED) is 0.649. The van der Waals surface area contributed by atoms with Crippen molar-refractivity contribution in [3.63, 3.8) is 0 Å².